The van der Waals surface area contributed by atoms with Gasteiger partial charge in [-0.3, -0.25) is 0 Å². The molecule has 2 N–H and O–H groups in total. The molecule has 1 fully saturated rings. The molecule has 1 atom stereocenters. The van der Waals surface area contributed by atoms with Crippen LogP contribution in [0.4, 0.5) is 0 Å². The van der Waals surface area contributed by atoms with E-state index in [1.54, 1.807) is 0 Å². The maximum absolute atomic E-state index is 10.5. The zero-order chi connectivity index (χ0) is 12.4. The Morgan fingerprint density at radius 1 is 1.06 bits per heavy atom. The van der Waals surface area contributed by atoms with Crippen molar-refractivity contribution in [1.82, 2.24) is 5.32 Å². The summed E-state index contributed by atoms with van der Waals surface area (Å²) in [6.07, 6.45) is 6.97. The molecule has 0 spiro atoms. The first-order chi connectivity index (χ1) is 8.84. The van der Waals surface area contributed by atoms with Gasteiger partial charge < -0.3 is 10.4 Å². The van der Waals surface area contributed by atoms with Gasteiger partial charge in [-0.15, -0.1) is 0 Å². The Bertz CT molecular complexity index is 410. The van der Waals surface area contributed by atoms with Crippen LogP contribution in [0.15, 0.2) is 18.2 Å². The summed E-state index contributed by atoms with van der Waals surface area (Å²) in [7, 11) is 0. The van der Waals surface area contributed by atoms with Gasteiger partial charge >= 0.3 is 0 Å². The van der Waals surface area contributed by atoms with Crippen LogP contribution >= 0.6 is 0 Å². The van der Waals surface area contributed by atoms with Crippen molar-refractivity contribution >= 4 is 0 Å². The van der Waals surface area contributed by atoms with Crippen LogP contribution in [0.1, 0.15) is 48.5 Å². The van der Waals surface area contributed by atoms with E-state index in [0.29, 0.717) is 5.92 Å². The lowest BCUT2D eigenvalue weighted by atomic mass is 9.84. The number of rotatable bonds is 2. The molecule has 1 aliphatic heterocycles. The predicted octanol–water partition coefficient (Wildman–Crippen LogP) is 2.60. The number of hydrogen-bond acceptors (Lipinski definition) is 2. The number of aliphatic hydroxyl groups excluding tert-OH is 1. The molecule has 1 aromatic carbocycles. The molecule has 2 nitrogen and oxygen atoms in total. The van der Waals surface area contributed by atoms with Crippen LogP contribution in [0.5, 0.6) is 0 Å². The van der Waals surface area contributed by atoms with Crippen LogP contribution in [-0.4, -0.2) is 18.2 Å². The van der Waals surface area contributed by atoms with E-state index >= 15 is 0 Å². The first-order valence-electron chi connectivity index (χ1n) is 7.35. The Balaban J connectivity index is 1.78. The van der Waals surface area contributed by atoms with Gasteiger partial charge in [0.25, 0.3) is 0 Å². The molecule has 18 heavy (non-hydrogen) atoms. The lowest BCUT2D eigenvalue weighted by molar-refractivity contribution is 0.0888. The minimum atomic E-state index is -0.265. The number of aliphatic hydroxyl groups is 1. The molecule has 0 aromatic heterocycles. The summed E-state index contributed by atoms with van der Waals surface area (Å²) in [6, 6.07) is 6.66. The molecule has 1 saturated heterocycles. The highest BCUT2D eigenvalue weighted by molar-refractivity contribution is 5.35. The number of nitrogens with one attached hydrogen (secondary N) is 1. The van der Waals surface area contributed by atoms with Crippen LogP contribution < -0.4 is 5.32 Å². The van der Waals surface area contributed by atoms with Gasteiger partial charge in [0.1, 0.15) is 0 Å². The highest BCUT2D eigenvalue weighted by atomic mass is 16.3. The minimum Gasteiger partial charge on any atom is -0.388 e. The molecule has 0 amide bonds. The van der Waals surface area contributed by atoms with Crippen LogP contribution in [0, 0.1) is 5.92 Å². The summed E-state index contributed by atoms with van der Waals surface area (Å²) in [5.74, 6) is 0.438. The summed E-state index contributed by atoms with van der Waals surface area (Å²) in [6.45, 7) is 2.10. The summed E-state index contributed by atoms with van der Waals surface area (Å²) in [5.41, 5.74) is 4.12. The molecule has 0 bridgehead atoms. The second-order valence-corrected chi connectivity index (χ2v) is 5.77. The first kappa shape index (κ1) is 12.2. The molecule has 1 aromatic rings. The van der Waals surface area contributed by atoms with Crippen molar-refractivity contribution in [1.29, 1.82) is 0 Å². The lowest BCUT2D eigenvalue weighted by Crippen LogP contribution is -2.30. The topological polar surface area (TPSA) is 32.3 Å². The maximum atomic E-state index is 10.5. The third-order valence-corrected chi connectivity index (χ3v) is 4.54. The van der Waals surface area contributed by atoms with Crippen LogP contribution in [0.3, 0.4) is 0 Å². The summed E-state index contributed by atoms with van der Waals surface area (Å²) >= 11 is 0. The molecule has 2 aliphatic rings. The van der Waals surface area contributed by atoms with Crippen molar-refractivity contribution in [2.24, 2.45) is 5.92 Å². The summed E-state index contributed by atoms with van der Waals surface area (Å²) < 4.78 is 0. The normalized spacial score (nSPS) is 22.5. The average molecular weight is 245 g/mol. The van der Waals surface area contributed by atoms with E-state index in [1.807, 2.05) is 0 Å². The molecule has 0 radical (unpaired) electrons. The van der Waals surface area contributed by atoms with Crippen molar-refractivity contribution in [3.05, 3.63) is 34.9 Å². The van der Waals surface area contributed by atoms with Crippen LogP contribution in [-0.2, 0) is 12.8 Å². The summed E-state index contributed by atoms with van der Waals surface area (Å²) in [5, 5.41) is 13.9. The molecule has 3 rings (SSSR count). The van der Waals surface area contributed by atoms with Crippen LogP contribution in [0.2, 0.25) is 0 Å². The highest BCUT2D eigenvalue weighted by Crippen LogP contribution is 2.31. The molecule has 0 saturated carbocycles. The third kappa shape index (κ3) is 2.45. The number of hydrogen-bond donors (Lipinski definition) is 2. The van der Waals surface area contributed by atoms with Gasteiger partial charge in [-0.1, -0.05) is 18.2 Å². The van der Waals surface area contributed by atoms with Crippen molar-refractivity contribution in [3.8, 4) is 0 Å². The standard InChI is InChI=1S/C16H23NO/c18-16(13-7-9-17-10-8-13)15-6-5-12-3-1-2-4-14(12)11-15/h5-6,11,13,16-18H,1-4,7-10H2. The van der Waals surface area contributed by atoms with Gasteiger partial charge in [-0.25, -0.2) is 0 Å². The van der Waals surface area contributed by atoms with Gasteiger partial charge in [0.05, 0.1) is 6.10 Å². The summed E-state index contributed by atoms with van der Waals surface area (Å²) in [4.78, 5) is 0. The molecule has 1 unspecified atom stereocenters. The van der Waals surface area contributed by atoms with Gasteiger partial charge in [0.2, 0.25) is 0 Å². The zero-order valence-corrected chi connectivity index (χ0v) is 11.0. The van der Waals surface area contributed by atoms with Crippen molar-refractivity contribution < 1.29 is 5.11 Å². The predicted molar refractivity (Wildman–Crippen MR) is 73.6 cm³/mol. The lowest BCUT2D eigenvalue weighted by Gasteiger charge is -2.28. The highest BCUT2D eigenvalue weighted by Gasteiger charge is 2.23. The Labute approximate surface area is 109 Å². The van der Waals surface area contributed by atoms with Gasteiger partial charge in [0, 0.05) is 0 Å². The third-order valence-electron chi connectivity index (χ3n) is 4.54. The number of piperidine rings is 1. The monoisotopic (exact) mass is 245 g/mol. The van der Waals surface area contributed by atoms with E-state index in [9.17, 15) is 5.11 Å². The number of aryl methyl sites for hydroxylation is 2. The van der Waals surface area contributed by atoms with Crippen molar-refractivity contribution in [2.45, 2.75) is 44.6 Å². The number of fused-ring (bicyclic) bond motifs is 1. The fourth-order valence-electron chi connectivity index (χ4n) is 3.37. The molecule has 98 valence electrons. The molecular formula is C16H23NO. The quantitative estimate of drug-likeness (QED) is 0.839. The minimum absolute atomic E-state index is 0.265. The Hall–Kier alpha value is -0.860. The van der Waals surface area contributed by atoms with E-state index in [4.69, 9.17) is 0 Å². The van der Waals surface area contributed by atoms with E-state index in [-0.39, 0.29) is 6.10 Å². The fourth-order valence-corrected chi connectivity index (χ4v) is 3.37. The van der Waals surface area contributed by atoms with E-state index < -0.39 is 0 Å². The molecular weight excluding hydrogens is 222 g/mol. The van der Waals surface area contributed by atoms with Crippen molar-refractivity contribution in [2.75, 3.05) is 13.1 Å². The van der Waals surface area contributed by atoms with Crippen LogP contribution in [0.25, 0.3) is 0 Å². The van der Waals surface area contributed by atoms with E-state index in [2.05, 4.69) is 23.5 Å². The Morgan fingerprint density at radius 3 is 2.56 bits per heavy atom. The smallest absolute Gasteiger partial charge is 0.0819 e. The first-order valence-corrected chi connectivity index (χ1v) is 7.35. The fraction of sp³-hybridized carbons (Fsp3) is 0.625. The van der Waals surface area contributed by atoms with E-state index in [1.165, 1.54) is 36.8 Å². The van der Waals surface area contributed by atoms with Gasteiger partial charge in [-0.05, 0) is 74.2 Å². The largest absolute Gasteiger partial charge is 0.388 e. The Morgan fingerprint density at radius 2 is 1.78 bits per heavy atom. The maximum Gasteiger partial charge on any atom is 0.0819 e. The molecule has 1 heterocycles. The van der Waals surface area contributed by atoms with E-state index in [0.717, 1.165) is 31.5 Å². The van der Waals surface area contributed by atoms with Gasteiger partial charge in [0.15, 0.2) is 0 Å². The zero-order valence-electron chi connectivity index (χ0n) is 11.0. The Kier molecular flexibility index (Phi) is 3.67. The number of benzene rings is 1. The van der Waals surface area contributed by atoms with Crippen molar-refractivity contribution in [3.63, 3.8) is 0 Å². The molecule has 2 heteroatoms. The SMILES string of the molecule is OC(c1ccc2c(c1)CCCC2)C1CCNCC1. The average Bonchev–Trinajstić information content (AvgIpc) is 2.47. The molecule has 1 aliphatic carbocycles. The second kappa shape index (κ2) is 5.41. The van der Waals surface area contributed by atoms with Gasteiger partial charge in [-0.2, -0.15) is 0 Å². The second-order valence-electron chi connectivity index (χ2n) is 5.77.